The summed E-state index contributed by atoms with van der Waals surface area (Å²) in [5.41, 5.74) is 3.99. The Bertz CT molecular complexity index is 560. The molecule has 0 amide bonds. The van der Waals surface area contributed by atoms with E-state index < -0.39 is 0 Å². The molecule has 1 aromatic carbocycles. The van der Waals surface area contributed by atoms with Crippen LogP contribution in [0.1, 0.15) is 34.5 Å². The van der Waals surface area contributed by atoms with E-state index in [2.05, 4.69) is 66.3 Å². The molecule has 1 atom stereocenters. The molecule has 0 radical (unpaired) electrons. The van der Waals surface area contributed by atoms with Crippen LogP contribution in [0.5, 0.6) is 0 Å². The van der Waals surface area contributed by atoms with Crippen molar-refractivity contribution in [1.29, 1.82) is 0 Å². The molecule has 2 aromatic rings. The Balaban J connectivity index is 2.04. The van der Waals surface area contributed by atoms with Crippen LogP contribution in [-0.2, 0) is 6.54 Å². The Morgan fingerprint density at radius 1 is 1.32 bits per heavy atom. The highest BCUT2D eigenvalue weighted by Crippen LogP contribution is 2.32. The van der Waals surface area contributed by atoms with Gasteiger partial charge in [0.25, 0.3) is 0 Å². The molecule has 0 aliphatic heterocycles. The minimum absolute atomic E-state index is 0.333. The van der Waals surface area contributed by atoms with Crippen molar-refractivity contribution in [3.05, 3.63) is 54.6 Å². The van der Waals surface area contributed by atoms with Crippen LogP contribution in [0.25, 0.3) is 0 Å². The molecular weight excluding hydrogens is 342 g/mol. The smallest absolute Gasteiger partial charge is 0.107 e. The van der Waals surface area contributed by atoms with Gasteiger partial charge in [0.15, 0.2) is 0 Å². The number of nitrogens with one attached hydrogen (secondary N) is 1. The maximum atomic E-state index is 6.05. The quantitative estimate of drug-likeness (QED) is 0.746. The van der Waals surface area contributed by atoms with Gasteiger partial charge in [-0.25, -0.2) is 0 Å². The Morgan fingerprint density at radius 3 is 2.68 bits per heavy atom. The lowest BCUT2D eigenvalue weighted by Gasteiger charge is -2.16. The second-order valence-corrected chi connectivity index (χ2v) is 7.39. The van der Waals surface area contributed by atoms with Gasteiger partial charge in [-0.1, -0.05) is 35.4 Å². The highest BCUT2D eigenvalue weighted by Gasteiger charge is 2.10. The zero-order valence-electron chi connectivity index (χ0n) is 11.3. The van der Waals surface area contributed by atoms with Crippen molar-refractivity contribution in [2.45, 2.75) is 33.4 Å². The summed E-state index contributed by atoms with van der Waals surface area (Å²) in [6, 6.07) is 9.00. The van der Waals surface area contributed by atoms with E-state index in [0.717, 1.165) is 15.4 Å². The highest BCUT2D eigenvalue weighted by atomic mass is 79.9. The fourth-order valence-electron chi connectivity index (χ4n) is 2.07. The van der Waals surface area contributed by atoms with E-state index in [0.29, 0.717) is 6.04 Å². The van der Waals surface area contributed by atoms with Gasteiger partial charge in [-0.05, 0) is 53.9 Å². The van der Waals surface area contributed by atoms with Crippen molar-refractivity contribution in [3.8, 4) is 0 Å². The third-order valence-electron chi connectivity index (χ3n) is 3.18. The number of benzene rings is 1. The van der Waals surface area contributed by atoms with Crippen LogP contribution in [0.3, 0.4) is 0 Å². The van der Waals surface area contributed by atoms with Crippen LogP contribution in [0.2, 0.25) is 4.34 Å². The normalized spacial score (nSPS) is 12.7. The predicted molar refractivity (Wildman–Crippen MR) is 88.2 cm³/mol. The zero-order chi connectivity index (χ0) is 14.0. The van der Waals surface area contributed by atoms with E-state index in [9.17, 15) is 0 Å². The first kappa shape index (κ1) is 15.0. The molecule has 1 heterocycles. The van der Waals surface area contributed by atoms with E-state index >= 15 is 0 Å². The molecule has 19 heavy (non-hydrogen) atoms. The zero-order valence-corrected chi connectivity index (χ0v) is 14.4. The number of aryl methyl sites for hydroxylation is 2. The molecule has 0 saturated heterocycles. The second kappa shape index (κ2) is 6.40. The summed E-state index contributed by atoms with van der Waals surface area (Å²) in [4.78, 5) is 1.24. The second-order valence-electron chi connectivity index (χ2n) is 4.80. The van der Waals surface area contributed by atoms with Gasteiger partial charge >= 0.3 is 0 Å². The monoisotopic (exact) mass is 357 g/mol. The van der Waals surface area contributed by atoms with Gasteiger partial charge in [0.1, 0.15) is 4.34 Å². The maximum Gasteiger partial charge on any atom is 0.107 e. The van der Waals surface area contributed by atoms with E-state index in [1.807, 2.05) is 0 Å². The Morgan fingerprint density at radius 2 is 2.05 bits per heavy atom. The van der Waals surface area contributed by atoms with E-state index in [4.69, 9.17) is 11.6 Å². The predicted octanol–water partition coefficient (Wildman–Crippen LogP) is 5.63. The van der Waals surface area contributed by atoms with E-state index in [1.54, 1.807) is 11.3 Å². The fraction of sp³-hybridized carbons (Fsp3) is 0.333. The Labute approximate surface area is 132 Å². The molecule has 2 rings (SSSR count). The molecule has 0 saturated carbocycles. The summed E-state index contributed by atoms with van der Waals surface area (Å²) in [7, 11) is 0. The van der Waals surface area contributed by atoms with Gasteiger partial charge in [0.2, 0.25) is 0 Å². The largest absolute Gasteiger partial charge is 0.305 e. The first-order chi connectivity index (χ1) is 8.97. The average molecular weight is 359 g/mol. The van der Waals surface area contributed by atoms with Gasteiger partial charge in [0, 0.05) is 21.9 Å². The minimum atomic E-state index is 0.333. The lowest BCUT2D eigenvalue weighted by molar-refractivity contribution is 0.576. The standard InChI is InChI=1S/C15H17BrClNS/c1-9-4-5-10(2)13(6-9)11(3)18-8-12-7-14(16)15(17)19-12/h4-7,11,18H,8H2,1-3H3. The number of thiophene rings is 1. The van der Waals surface area contributed by atoms with Gasteiger partial charge in [-0.15, -0.1) is 11.3 Å². The first-order valence-corrected chi connectivity index (χ1v) is 8.20. The molecule has 1 nitrogen and oxygen atoms in total. The minimum Gasteiger partial charge on any atom is -0.305 e. The molecule has 0 aliphatic rings. The molecule has 1 aromatic heterocycles. The molecular formula is C15H17BrClNS. The number of halogens is 2. The van der Waals surface area contributed by atoms with Crippen LogP contribution in [-0.4, -0.2) is 0 Å². The van der Waals surface area contributed by atoms with Crippen LogP contribution in [0.4, 0.5) is 0 Å². The van der Waals surface area contributed by atoms with Crippen LogP contribution >= 0.6 is 38.9 Å². The molecule has 0 bridgehead atoms. The molecule has 0 fully saturated rings. The summed E-state index contributed by atoms with van der Waals surface area (Å²) < 4.78 is 1.80. The summed E-state index contributed by atoms with van der Waals surface area (Å²) in [5, 5.41) is 3.55. The van der Waals surface area contributed by atoms with Gasteiger partial charge in [-0.2, -0.15) is 0 Å². The Hall–Kier alpha value is -0.350. The number of hydrogen-bond acceptors (Lipinski definition) is 2. The van der Waals surface area contributed by atoms with Crippen molar-refractivity contribution >= 4 is 38.9 Å². The molecule has 102 valence electrons. The van der Waals surface area contributed by atoms with Crippen LogP contribution in [0.15, 0.2) is 28.7 Å². The first-order valence-electron chi connectivity index (χ1n) is 6.21. The number of hydrogen-bond donors (Lipinski definition) is 1. The van der Waals surface area contributed by atoms with Crippen molar-refractivity contribution < 1.29 is 0 Å². The van der Waals surface area contributed by atoms with Gasteiger partial charge < -0.3 is 5.32 Å². The summed E-state index contributed by atoms with van der Waals surface area (Å²) in [6.45, 7) is 7.33. The van der Waals surface area contributed by atoms with Crippen LogP contribution < -0.4 is 5.32 Å². The molecule has 1 N–H and O–H groups in total. The summed E-state index contributed by atoms with van der Waals surface area (Å²) in [6.07, 6.45) is 0. The molecule has 0 aliphatic carbocycles. The van der Waals surface area contributed by atoms with Gasteiger partial charge in [-0.3, -0.25) is 0 Å². The van der Waals surface area contributed by atoms with Crippen molar-refractivity contribution in [1.82, 2.24) is 5.32 Å². The fourth-order valence-corrected chi connectivity index (χ4v) is 3.81. The SMILES string of the molecule is Cc1ccc(C)c(C(C)NCc2cc(Br)c(Cl)s2)c1. The van der Waals surface area contributed by atoms with Crippen molar-refractivity contribution in [3.63, 3.8) is 0 Å². The summed E-state index contributed by atoms with van der Waals surface area (Å²) in [5.74, 6) is 0. The topological polar surface area (TPSA) is 12.0 Å². The molecule has 0 spiro atoms. The van der Waals surface area contributed by atoms with Crippen LogP contribution in [0, 0.1) is 13.8 Å². The average Bonchev–Trinajstić information content (AvgIpc) is 2.69. The lowest BCUT2D eigenvalue weighted by atomic mass is 10.00. The highest BCUT2D eigenvalue weighted by molar-refractivity contribution is 9.10. The van der Waals surface area contributed by atoms with Gasteiger partial charge in [0.05, 0.1) is 0 Å². The Kier molecular flexibility index (Phi) is 5.07. The van der Waals surface area contributed by atoms with Crippen molar-refractivity contribution in [2.75, 3.05) is 0 Å². The molecule has 1 unspecified atom stereocenters. The van der Waals surface area contributed by atoms with E-state index in [1.165, 1.54) is 21.6 Å². The van der Waals surface area contributed by atoms with E-state index in [-0.39, 0.29) is 0 Å². The third-order valence-corrected chi connectivity index (χ3v) is 5.65. The lowest BCUT2D eigenvalue weighted by Crippen LogP contribution is -2.18. The number of rotatable bonds is 4. The molecule has 4 heteroatoms. The third kappa shape index (κ3) is 3.82. The maximum absolute atomic E-state index is 6.05. The van der Waals surface area contributed by atoms with Crippen molar-refractivity contribution in [2.24, 2.45) is 0 Å². The summed E-state index contributed by atoms with van der Waals surface area (Å²) >= 11 is 11.1.